The molecular formula is C32H46N2Si. The Morgan fingerprint density at radius 1 is 0.571 bits per heavy atom. The van der Waals surface area contributed by atoms with E-state index < -0.39 is 8.07 Å². The molecule has 2 saturated carbocycles. The lowest BCUT2D eigenvalue weighted by Gasteiger charge is -2.45. The van der Waals surface area contributed by atoms with E-state index in [1.54, 1.807) is 0 Å². The number of hydrogen-bond donors (Lipinski definition) is 0. The molecule has 10 atom stereocenters. The SMILES string of the molecule is CC1CC2C(CC(C)N2c2ccccc2)C1[Si](C)(C)C1C(C)CC2C1CC(C)N2c1ccccc1. The minimum atomic E-state index is -1.51. The van der Waals surface area contributed by atoms with E-state index in [0.717, 1.165) is 46.8 Å². The number of benzene rings is 2. The molecule has 2 heterocycles. The van der Waals surface area contributed by atoms with Gasteiger partial charge in [-0.25, -0.2) is 0 Å². The lowest BCUT2D eigenvalue weighted by Crippen LogP contribution is -2.46. The first kappa shape index (κ1) is 23.6. The molecule has 0 aromatic heterocycles. The zero-order chi connectivity index (χ0) is 24.5. The molecule has 2 aromatic rings. The first-order valence-electron chi connectivity index (χ1n) is 14.5. The molecule has 0 radical (unpaired) electrons. The molecule has 0 bridgehead atoms. The van der Waals surface area contributed by atoms with Crippen molar-refractivity contribution in [2.45, 2.75) is 102 Å². The van der Waals surface area contributed by atoms with Crippen LogP contribution in [0.4, 0.5) is 11.4 Å². The van der Waals surface area contributed by atoms with E-state index in [2.05, 4.69) is 111 Å². The summed E-state index contributed by atoms with van der Waals surface area (Å²) in [4.78, 5) is 5.64. The summed E-state index contributed by atoms with van der Waals surface area (Å²) in [6.45, 7) is 15.9. The molecule has 0 spiro atoms. The van der Waals surface area contributed by atoms with Crippen molar-refractivity contribution in [2.24, 2.45) is 23.7 Å². The Balaban J connectivity index is 1.29. The van der Waals surface area contributed by atoms with Crippen LogP contribution >= 0.6 is 0 Å². The standard InChI is InChI=1S/C32H46N2Si/c1-21-17-29-27(19-23(3)33(29)25-13-9-7-10-14-25)31(21)35(5,6)32-22(2)18-30-28(32)20-24(4)34(30)26-15-11-8-12-16-26/h7-16,21-24,27-32H,17-20H2,1-6H3. The summed E-state index contributed by atoms with van der Waals surface area (Å²) in [5.41, 5.74) is 4.82. The maximum Gasteiger partial charge on any atom is 0.0548 e. The van der Waals surface area contributed by atoms with Crippen molar-refractivity contribution in [3.05, 3.63) is 60.7 Å². The average Bonchev–Trinajstić information content (AvgIpc) is 3.50. The van der Waals surface area contributed by atoms with Gasteiger partial charge < -0.3 is 9.80 Å². The van der Waals surface area contributed by atoms with Crippen molar-refractivity contribution >= 4 is 19.4 Å². The van der Waals surface area contributed by atoms with Gasteiger partial charge in [0.25, 0.3) is 0 Å². The van der Waals surface area contributed by atoms with Crippen LogP contribution in [0.15, 0.2) is 60.7 Å². The molecule has 4 fully saturated rings. The van der Waals surface area contributed by atoms with Crippen molar-refractivity contribution in [3.8, 4) is 0 Å². The second-order valence-corrected chi connectivity index (χ2v) is 18.4. The lowest BCUT2D eigenvalue weighted by atomic mass is 9.99. The third-order valence-corrected chi connectivity index (χ3v) is 16.5. The zero-order valence-corrected chi connectivity index (χ0v) is 23.8. The van der Waals surface area contributed by atoms with E-state index in [0.29, 0.717) is 12.1 Å². The third kappa shape index (κ3) is 3.63. The first-order chi connectivity index (χ1) is 16.8. The van der Waals surface area contributed by atoms with Crippen molar-refractivity contribution in [1.82, 2.24) is 0 Å². The summed E-state index contributed by atoms with van der Waals surface area (Å²) in [6.07, 6.45) is 5.58. The predicted molar refractivity (Wildman–Crippen MR) is 153 cm³/mol. The highest BCUT2D eigenvalue weighted by molar-refractivity contribution is 6.80. The Labute approximate surface area is 215 Å². The minimum absolute atomic E-state index is 0.668. The lowest BCUT2D eigenvalue weighted by molar-refractivity contribution is 0.435. The van der Waals surface area contributed by atoms with E-state index in [4.69, 9.17) is 0 Å². The van der Waals surface area contributed by atoms with E-state index in [-0.39, 0.29) is 0 Å². The Hall–Kier alpha value is -1.74. The quantitative estimate of drug-likeness (QED) is 0.403. The fourth-order valence-electron chi connectivity index (χ4n) is 10.5. The van der Waals surface area contributed by atoms with Gasteiger partial charge in [0.2, 0.25) is 0 Å². The first-order valence-corrected chi connectivity index (χ1v) is 17.6. The Bertz CT molecular complexity index is 941. The fraction of sp³-hybridized carbons (Fsp3) is 0.625. The topological polar surface area (TPSA) is 6.48 Å². The highest BCUT2D eigenvalue weighted by Gasteiger charge is 2.62. The second-order valence-electron chi connectivity index (χ2n) is 13.4. The van der Waals surface area contributed by atoms with Crippen LogP contribution in [0.3, 0.4) is 0 Å². The van der Waals surface area contributed by atoms with Gasteiger partial charge in [0.1, 0.15) is 0 Å². The zero-order valence-electron chi connectivity index (χ0n) is 22.8. The van der Waals surface area contributed by atoms with Crippen LogP contribution in [0.25, 0.3) is 0 Å². The van der Waals surface area contributed by atoms with Crippen LogP contribution in [0.1, 0.15) is 53.4 Å². The van der Waals surface area contributed by atoms with Crippen molar-refractivity contribution < 1.29 is 0 Å². The summed E-state index contributed by atoms with van der Waals surface area (Å²) in [5, 5.41) is 0. The van der Waals surface area contributed by atoms with E-state index in [9.17, 15) is 0 Å². The number of rotatable bonds is 4. The molecule has 2 aliphatic heterocycles. The summed E-state index contributed by atoms with van der Waals surface area (Å²) in [5.74, 6) is 3.50. The Kier molecular flexibility index (Phi) is 5.86. The molecule has 2 saturated heterocycles. The molecule has 3 heteroatoms. The molecular weight excluding hydrogens is 440 g/mol. The third-order valence-electron chi connectivity index (χ3n) is 11.1. The fourth-order valence-corrected chi connectivity index (χ4v) is 17.1. The summed E-state index contributed by atoms with van der Waals surface area (Å²) >= 11 is 0. The van der Waals surface area contributed by atoms with Gasteiger partial charge in [0, 0.05) is 35.5 Å². The van der Waals surface area contributed by atoms with Crippen molar-refractivity contribution in [3.63, 3.8) is 0 Å². The maximum atomic E-state index is 2.83. The van der Waals surface area contributed by atoms with E-state index in [1.807, 2.05) is 0 Å². The van der Waals surface area contributed by atoms with Crippen LogP contribution in [0, 0.1) is 23.7 Å². The molecule has 2 aliphatic carbocycles. The van der Waals surface area contributed by atoms with Crippen LogP contribution in [0.5, 0.6) is 0 Å². The summed E-state index contributed by atoms with van der Waals surface area (Å²) in [7, 11) is -1.51. The van der Waals surface area contributed by atoms with Gasteiger partial charge in [0.05, 0.1) is 8.07 Å². The number of anilines is 2. The maximum absolute atomic E-state index is 2.83. The smallest absolute Gasteiger partial charge is 0.0548 e. The average molecular weight is 487 g/mol. The molecule has 10 unspecified atom stereocenters. The molecule has 0 N–H and O–H groups in total. The molecule has 4 aliphatic rings. The van der Waals surface area contributed by atoms with Crippen molar-refractivity contribution in [1.29, 1.82) is 0 Å². The van der Waals surface area contributed by atoms with Crippen LogP contribution in [-0.4, -0.2) is 32.2 Å². The molecule has 2 nitrogen and oxygen atoms in total. The number of hydrogen-bond acceptors (Lipinski definition) is 2. The van der Waals surface area contributed by atoms with Crippen molar-refractivity contribution in [2.75, 3.05) is 9.80 Å². The second kappa shape index (κ2) is 8.68. The van der Waals surface area contributed by atoms with Gasteiger partial charge in [-0.05, 0) is 98.6 Å². The predicted octanol–water partition coefficient (Wildman–Crippen LogP) is 8.08. The summed E-state index contributed by atoms with van der Waals surface area (Å²) in [6, 6.07) is 25.5. The van der Waals surface area contributed by atoms with Gasteiger partial charge in [-0.2, -0.15) is 0 Å². The van der Waals surface area contributed by atoms with Crippen LogP contribution in [-0.2, 0) is 0 Å². The highest BCUT2D eigenvalue weighted by Crippen LogP contribution is 2.64. The molecule has 0 amide bonds. The van der Waals surface area contributed by atoms with Gasteiger partial charge >= 0.3 is 0 Å². The minimum Gasteiger partial charge on any atom is -0.366 e. The Morgan fingerprint density at radius 3 is 1.31 bits per heavy atom. The number of fused-ring (bicyclic) bond motifs is 2. The van der Waals surface area contributed by atoms with Gasteiger partial charge in [-0.3, -0.25) is 0 Å². The van der Waals surface area contributed by atoms with E-state index >= 15 is 0 Å². The summed E-state index contributed by atoms with van der Waals surface area (Å²) < 4.78 is 0. The molecule has 6 rings (SSSR count). The van der Waals surface area contributed by atoms with Crippen LogP contribution < -0.4 is 9.80 Å². The van der Waals surface area contributed by atoms with E-state index in [1.165, 1.54) is 37.1 Å². The monoisotopic (exact) mass is 486 g/mol. The normalized spacial score (nSPS) is 40.9. The number of para-hydroxylation sites is 2. The van der Waals surface area contributed by atoms with Crippen LogP contribution in [0.2, 0.25) is 24.2 Å². The molecule has 2 aromatic carbocycles. The van der Waals surface area contributed by atoms with Gasteiger partial charge in [0.15, 0.2) is 0 Å². The van der Waals surface area contributed by atoms with Gasteiger partial charge in [-0.15, -0.1) is 0 Å². The molecule has 188 valence electrons. The van der Waals surface area contributed by atoms with Gasteiger partial charge in [-0.1, -0.05) is 63.3 Å². The Morgan fingerprint density at radius 2 is 0.943 bits per heavy atom. The largest absolute Gasteiger partial charge is 0.366 e. The molecule has 35 heavy (non-hydrogen) atoms. The number of nitrogens with zero attached hydrogens (tertiary/aromatic N) is 2. The highest BCUT2D eigenvalue weighted by atomic mass is 28.3.